The average Bonchev–Trinajstić information content (AvgIpc) is 2.55. The van der Waals surface area contributed by atoms with Crippen molar-refractivity contribution >= 4 is 0 Å². The van der Waals surface area contributed by atoms with Gasteiger partial charge in [0, 0.05) is 25.7 Å². The van der Waals surface area contributed by atoms with Gasteiger partial charge in [0.2, 0.25) is 0 Å². The maximum absolute atomic E-state index is 5.15. The molecule has 0 aliphatic carbocycles. The van der Waals surface area contributed by atoms with Crippen LogP contribution < -0.4 is 15.4 Å². The fourth-order valence-electron chi connectivity index (χ4n) is 2.21. The lowest BCUT2D eigenvalue weighted by atomic mass is 10.1. The average molecular weight is 284 g/mol. The third kappa shape index (κ3) is 5.21. The minimum Gasteiger partial charge on any atom is -0.497 e. The maximum Gasteiger partial charge on any atom is 0.118 e. The summed E-state index contributed by atoms with van der Waals surface area (Å²) in [7, 11) is 1.69. The molecule has 3 heteroatoms. The number of ether oxygens (including phenoxy) is 1. The first kappa shape index (κ1) is 15.5. The van der Waals surface area contributed by atoms with Gasteiger partial charge in [-0.2, -0.15) is 0 Å². The standard InChI is InChI=1S/C18H24N2O/c1-15(17-6-4-3-5-7-17)20-13-12-19-14-16-8-10-18(21-2)11-9-16/h3-11,15,19-20H,12-14H2,1-2H3. The van der Waals surface area contributed by atoms with Crippen molar-refractivity contribution in [3.05, 3.63) is 65.7 Å². The molecule has 0 spiro atoms. The van der Waals surface area contributed by atoms with E-state index in [2.05, 4.69) is 54.0 Å². The SMILES string of the molecule is COc1ccc(CNCCNC(C)c2ccccc2)cc1. The Labute approximate surface area is 127 Å². The van der Waals surface area contributed by atoms with Gasteiger partial charge < -0.3 is 15.4 Å². The molecule has 2 N–H and O–H groups in total. The maximum atomic E-state index is 5.15. The molecule has 2 aromatic carbocycles. The normalized spacial score (nSPS) is 12.1. The Bertz CT molecular complexity index is 511. The van der Waals surface area contributed by atoms with Gasteiger partial charge in [0.05, 0.1) is 7.11 Å². The fourth-order valence-corrected chi connectivity index (χ4v) is 2.21. The third-order valence-electron chi connectivity index (χ3n) is 3.54. The zero-order valence-electron chi connectivity index (χ0n) is 12.8. The summed E-state index contributed by atoms with van der Waals surface area (Å²) < 4.78 is 5.15. The first-order valence-electron chi connectivity index (χ1n) is 7.41. The van der Waals surface area contributed by atoms with Crippen molar-refractivity contribution in [2.24, 2.45) is 0 Å². The van der Waals surface area contributed by atoms with E-state index < -0.39 is 0 Å². The van der Waals surface area contributed by atoms with Crippen LogP contribution in [0.1, 0.15) is 24.1 Å². The summed E-state index contributed by atoms with van der Waals surface area (Å²) in [6.45, 7) is 4.97. The molecule has 0 bridgehead atoms. The lowest BCUT2D eigenvalue weighted by Crippen LogP contribution is -2.28. The van der Waals surface area contributed by atoms with Crippen LogP contribution in [0, 0.1) is 0 Å². The van der Waals surface area contributed by atoms with Gasteiger partial charge >= 0.3 is 0 Å². The van der Waals surface area contributed by atoms with Gasteiger partial charge in [-0.15, -0.1) is 0 Å². The summed E-state index contributed by atoms with van der Waals surface area (Å²) in [6, 6.07) is 19.1. The smallest absolute Gasteiger partial charge is 0.118 e. The molecule has 0 fully saturated rings. The lowest BCUT2D eigenvalue weighted by molar-refractivity contribution is 0.414. The van der Waals surface area contributed by atoms with Gasteiger partial charge in [0.25, 0.3) is 0 Å². The quantitative estimate of drug-likeness (QED) is 0.731. The highest BCUT2D eigenvalue weighted by Crippen LogP contribution is 2.11. The lowest BCUT2D eigenvalue weighted by Gasteiger charge is -2.14. The molecule has 21 heavy (non-hydrogen) atoms. The highest BCUT2D eigenvalue weighted by Gasteiger charge is 2.02. The van der Waals surface area contributed by atoms with Crippen LogP contribution in [0.25, 0.3) is 0 Å². The third-order valence-corrected chi connectivity index (χ3v) is 3.54. The zero-order valence-corrected chi connectivity index (χ0v) is 12.8. The highest BCUT2D eigenvalue weighted by molar-refractivity contribution is 5.27. The Hall–Kier alpha value is -1.84. The van der Waals surface area contributed by atoms with Crippen molar-refractivity contribution in [3.63, 3.8) is 0 Å². The Morgan fingerprint density at radius 3 is 2.33 bits per heavy atom. The van der Waals surface area contributed by atoms with Gasteiger partial charge in [-0.05, 0) is 30.2 Å². The van der Waals surface area contributed by atoms with Gasteiger partial charge in [-0.3, -0.25) is 0 Å². The second-order valence-electron chi connectivity index (χ2n) is 5.11. The second kappa shape index (κ2) is 8.45. The summed E-state index contributed by atoms with van der Waals surface area (Å²) in [5.74, 6) is 0.900. The van der Waals surface area contributed by atoms with Crippen LogP contribution in [-0.4, -0.2) is 20.2 Å². The molecule has 0 saturated carbocycles. The molecule has 112 valence electrons. The van der Waals surface area contributed by atoms with E-state index in [-0.39, 0.29) is 0 Å². The summed E-state index contributed by atoms with van der Waals surface area (Å²) in [4.78, 5) is 0. The molecular formula is C18H24N2O. The van der Waals surface area contributed by atoms with Gasteiger partial charge in [0.1, 0.15) is 5.75 Å². The predicted octanol–water partition coefficient (Wildman–Crippen LogP) is 3.14. The molecule has 0 amide bonds. The molecule has 0 aliphatic rings. The molecule has 0 heterocycles. The minimum atomic E-state index is 0.383. The van der Waals surface area contributed by atoms with Crippen LogP contribution >= 0.6 is 0 Å². The number of rotatable bonds is 8. The van der Waals surface area contributed by atoms with Gasteiger partial charge in [-0.1, -0.05) is 42.5 Å². The minimum absolute atomic E-state index is 0.383. The van der Waals surface area contributed by atoms with Crippen LogP contribution in [0.5, 0.6) is 5.75 Å². The van der Waals surface area contributed by atoms with Crippen molar-refractivity contribution in [2.45, 2.75) is 19.5 Å². The van der Waals surface area contributed by atoms with Crippen molar-refractivity contribution in [1.82, 2.24) is 10.6 Å². The zero-order chi connectivity index (χ0) is 14.9. The molecule has 0 saturated heterocycles. The van der Waals surface area contributed by atoms with E-state index in [9.17, 15) is 0 Å². The molecule has 3 nitrogen and oxygen atoms in total. The molecule has 0 aliphatic heterocycles. The van der Waals surface area contributed by atoms with E-state index in [1.165, 1.54) is 11.1 Å². The summed E-state index contributed by atoms with van der Waals surface area (Å²) in [5.41, 5.74) is 2.60. The van der Waals surface area contributed by atoms with E-state index in [1.807, 2.05) is 18.2 Å². The molecule has 2 rings (SSSR count). The summed E-state index contributed by atoms with van der Waals surface area (Å²) in [5, 5.41) is 6.96. The van der Waals surface area contributed by atoms with E-state index in [4.69, 9.17) is 4.74 Å². The van der Waals surface area contributed by atoms with Gasteiger partial charge in [0.15, 0.2) is 0 Å². The van der Waals surface area contributed by atoms with E-state index in [0.717, 1.165) is 25.4 Å². The number of hydrogen-bond donors (Lipinski definition) is 2. The van der Waals surface area contributed by atoms with Gasteiger partial charge in [-0.25, -0.2) is 0 Å². The Balaban J connectivity index is 1.63. The number of hydrogen-bond acceptors (Lipinski definition) is 3. The number of benzene rings is 2. The first-order valence-corrected chi connectivity index (χ1v) is 7.41. The molecule has 1 atom stereocenters. The van der Waals surface area contributed by atoms with Crippen LogP contribution in [0.3, 0.4) is 0 Å². The van der Waals surface area contributed by atoms with Crippen LogP contribution in [0.2, 0.25) is 0 Å². The van der Waals surface area contributed by atoms with Crippen molar-refractivity contribution in [2.75, 3.05) is 20.2 Å². The second-order valence-corrected chi connectivity index (χ2v) is 5.11. The van der Waals surface area contributed by atoms with E-state index in [1.54, 1.807) is 7.11 Å². The largest absolute Gasteiger partial charge is 0.497 e. The van der Waals surface area contributed by atoms with E-state index >= 15 is 0 Å². The Morgan fingerprint density at radius 2 is 1.67 bits per heavy atom. The summed E-state index contributed by atoms with van der Waals surface area (Å²) in [6.07, 6.45) is 0. The first-order chi connectivity index (χ1) is 10.3. The number of nitrogens with one attached hydrogen (secondary N) is 2. The summed E-state index contributed by atoms with van der Waals surface area (Å²) >= 11 is 0. The molecule has 0 radical (unpaired) electrons. The Kier molecular flexibility index (Phi) is 6.25. The van der Waals surface area contributed by atoms with Crippen LogP contribution in [0.15, 0.2) is 54.6 Å². The predicted molar refractivity (Wildman–Crippen MR) is 87.6 cm³/mol. The van der Waals surface area contributed by atoms with Crippen LogP contribution in [0.4, 0.5) is 0 Å². The molecular weight excluding hydrogens is 260 g/mol. The van der Waals surface area contributed by atoms with E-state index in [0.29, 0.717) is 6.04 Å². The molecule has 1 unspecified atom stereocenters. The number of methoxy groups -OCH3 is 1. The molecule has 2 aromatic rings. The van der Waals surface area contributed by atoms with Crippen molar-refractivity contribution in [1.29, 1.82) is 0 Å². The van der Waals surface area contributed by atoms with Crippen molar-refractivity contribution < 1.29 is 4.74 Å². The Morgan fingerprint density at radius 1 is 0.952 bits per heavy atom. The van der Waals surface area contributed by atoms with Crippen molar-refractivity contribution in [3.8, 4) is 5.75 Å². The fraction of sp³-hybridized carbons (Fsp3) is 0.333. The monoisotopic (exact) mass is 284 g/mol. The highest BCUT2D eigenvalue weighted by atomic mass is 16.5. The topological polar surface area (TPSA) is 33.3 Å². The molecule has 0 aromatic heterocycles. The van der Waals surface area contributed by atoms with Crippen LogP contribution in [-0.2, 0) is 6.54 Å².